The fraction of sp³-hybridized carbons (Fsp3) is 1.00. The van der Waals surface area contributed by atoms with Crippen LogP contribution in [0.15, 0.2) is 0 Å². The van der Waals surface area contributed by atoms with Crippen LogP contribution in [0.25, 0.3) is 0 Å². The monoisotopic (exact) mass is 306 g/mol. The summed E-state index contributed by atoms with van der Waals surface area (Å²) in [5, 5.41) is 0. The van der Waals surface area contributed by atoms with Gasteiger partial charge in [0.2, 0.25) is 0 Å². The molecular weight excluding hydrogens is 271 g/mol. The molecule has 0 aliphatic heterocycles. The molecular formula is C16H35O3P. The van der Waals surface area contributed by atoms with Crippen molar-refractivity contribution in [1.29, 1.82) is 0 Å². The molecule has 0 aromatic rings. The highest BCUT2D eigenvalue weighted by atomic mass is 31.2. The first-order valence-electron chi connectivity index (χ1n) is 8.45. The van der Waals surface area contributed by atoms with Crippen LogP contribution in [0, 0.1) is 11.8 Å². The lowest BCUT2D eigenvalue weighted by atomic mass is 9.98. The highest BCUT2D eigenvalue weighted by Crippen LogP contribution is 2.45. The van der Waals surface area contributed by atoms with Gasteiger partial charge in [-0.1, -0.05) is 66.2 Å². The van der Waals surface area contributed by atoms with Gasteiger partial charge in [-0.15, -0.1) is 0 Å². The topological polar surface area (TPSA) is 46.5 Å². The molecule has 0 radical (unpaired) electrons. The summed E-state index contributed by atoms with van der Waals surface area (Å²) in [5.41, 5.74) is 0. The van der Waals surface area contributed by atoms with Crippen LogP contribution in [0.1, 0.15) is 79.1 Å². The summed E-state index contributed by atoms with van der Waals surface area (Å²) in [6.45, 7) is 9.03. The minimum absolute atomic E-state index is 0.323. The molecule has 1 N–H and O–H groups in total. The third-order valence-electron chi connectivity index (χ3n) is 4.13. The van der Waals surface area contributed by atoms with E-state index in [1.807, 2.05) is 0 Å². The second kappa shape index (κ2) is 11.8. The van der Waals surface area contributed by atoms with E-state index in [0.717, 1.165) is 38.5 Å². The molecule has 0 bridgehead atoms. The zero-order valence-corrected chi connectivity index (χ0v) is 14.8. The molecule has 122 valence electrons. The van der Waals surface area contributed by atoms with Gasteiger partial charge in [-0.2, -0.15) is 0 Å². The highest BCUT2D eigenvalue weighted by Gasteiger charge is 2.24. The van der Waals surface area contributed by atoms with Crippen LogP contribution in [0.5, 0.6) is 0 Å². The van der Waals surface area contributed by atoms with Crippen molar-refractivity contribution in [1.82, 2.24) is 0 Å². The summed E-state index contributed by atoms with van der Waals surface area (Å²) < 4.78 is 17.4. The van der Waals surface area contributed by atoms with Crippen molar-refractivity contribution >= 4 is 7.60 Å². The second-order valence-electron chi connectivity index (χ2n) is 5.92. The quantitative estimate of drug-likeness (QED) is 0.449. The van der Waals surface area contributed by atoms with Crippen molar-refractivity contribution in [2.24, 2.45) is 11.8 Å². The smallest absolute Gasteiger partial charge is 0.324 e. The van der Waals surface area contributed by atoms with E-state index in [1.165, 1.54) is 12.8 Å². The van der Waals surface area contributed by atoms with Gasteiger partial charge in [-0.25, -0.2) is 0 Å². The normalized spacial score (nSPS) is 17.6. The van der Waals surface area contributed by atoms with Crippen molar-refractivity contribution in [3.63, 3.8) is 0 Å². The van der Waals surface area contributed by atoms with Crippen LogP contribution >= 0.6 is 7.60 Å². The molecule has 0 heterocycles. The molecule has 3 unspecified atom stereocenters. The first kappa shape index (κ1) is 20.1. The van der Waals surface area contributed by atoms with E-state index < -0.39 is 7.60 Å². The second-order valence-corrected chi connectivity index (χ2v) is 7.82. The molecule has 20 heavy (non-hydrogen) atoms. The number of unbranched alkanes of at least 4 members (excludes halogenated alkanes) is 1. The van der Waals surface area contributed by atoms with Gasteiger partial charge in [-0.3, -0.25) is 4.57 Å². The van der Waals surface area contributed by atoms with Crippen LogP contribution in [-0.4, -0.2) is 17.7 Å². The lowest BCUT2D eigenvalue weighted by Gasteiger charge is -2.20. The van der Waals surface area contributed by atoms with Crippen molar-refractivity contribution in [3.8, 4) is 0 Å². The first-order chi connectivity index (χ1) is 9.49. The van der Waals surface area contributed by atoms with Crippen molar-refractivity contribution in [2.45, 2.75) is 79.1 Å². The third kappa shape index (κ3) is 9.96. The molecule has 4 heteroatoms. The number of hydrogen-bond donors (Lipinski definition) is 1. The predicted octanol–water partition coefficient (Wildman–Crippen LogP) is 5.62. The average molecular weight is 306 g/mol. The maximum absolute atomic E-state index is 12.1. The zero-order chi connectivity index (χ0) is 15.4. The largest absolute Gasteiger partial charge is 0.328 e. The van der Waals surface area contributed by atoms with Gasteiger partial charge >= 0.3 is 7.60 Å². The predicted molar refractivity (Wildman–Crippen MR) is 87.3 cm³/mol. The fourth-order valence-electron chi connectivity index (χ4n) is 2.62. The van der Waals surface area contributed by atoms with Crippen LogP contribution in [0.2, 0.25) is 0 Å². The maximum atomic E-state index is 12.1. The summed E-state index contributed by atoms with van der Waals surface area (Å²) in [6, 6.07) is 0. The molecule has 0 spiro atoms. The van der Waals surface area contributed by atoms with Gasteiger partial charge in [0, 0.05) is 0 Å². The molecule has 0 aliphatic carbocycles. The number of rotatable bonds is 13. The van der Waals surface area contributed by atoms with Crippen LogP contribution in [0.4, 0.5) is 0 Å². The molecule has 0 fully saturated rings. The molecule has 0 rings (SSSR count). The van der Waals surface area contributed by atoms with Gasteiger partial charge in [0.25, 0.3) is 0 Å². The molecule has 0 amide bonds. The minimum atomic E-state index is -3.39. The summed E-state index contributed by atoms with van der Waals surface area (Å²) in [6.07, 6.45) is 8.98. The van der Waals surface area contributed by atoms with E-state index in [2.05, 4.69) is 27.7 Å². The van der Waals surface area contributed by atoms with Gasteiger partial charge in [0.1, 0.15) is 0 Å². The van der Waals surface area contributed by atoms with E-state index >= 15 is 0 Å². The number of hydrogen-bond acceptors (Lipinski definition) is 2. The molecule has 0 aromatic heterocycles. The Hall–Kier alpha value is 0.150. The molecule has 3 atom stereocenters. The van der Waals surface area contributed by atoms with Gasteiger partial charge in [0.05, 0.1) is 12.8 Å². The van der Waals surface area contributed by atoms with E-state index in [4.69, 9.17) is 4.52 Å². The van der Waals surface area contributed by atoms with Crippen LogP contribution in [-0.2, 0) is 9.09 Å². The standard InChI is InChI=1S/C16H35O3P/c1-5-9-11-16(8-4)14-20(17,18)19-13-12-15(7-3)10-6-2/h15-16H,5-14H2,1-4H3,(H,17,18). The Morgan fingerprint density at radius 2 is 1.60 bits per heavy atom. The fourth-order valence-corrected chi connectivity index (χ4v) is 4.21. The Labute approximate surface area is 126 Å². The van der Waals surface area contributed by atoms with Gasteiger partial charge in [0.15, 0.2) is 0 Å². The molecule has 3 nitrogen and oxygen atoms in total. The van der Waals surface area contributed by atoms with Crippen LogP contribution < -0.4 is 0 Å². The highest BCUT2D eigenvalue weighted by molar-refractivity contribution is 7.52. The van der Waals surface area contributed by atoms with Crippen molar-refractivity contribution in [3.05, 3.63) is 0 Å². The van der Waals surface area contributed by atoms with Crippen molar-refractivity contribution in [2.75, 3.05) is 12.8 Å². The zero-order valence-electron chi connectivity index (χ0n) is 13.9. The summed E-state index contributed by atoms with van der Waals surface area (Å²) in [4.78, 5) is 9.96. The van der Waals surface area contributed by atoms with Gasteiger partial charge < -0.3 is 9.42 Å². The summed E-state index contributed by atoms with van der Waals surface area (Å²) >= 11 is 0. The molecule has 0 aliphatic rings. The summed E-state index contributed by atoms with van der Waals surface area (Å²) in [7, 11) is -3.39. The Morgan fingerprint density at radius 1 is 0.950 bits per heavy atom. The summed E-state index contributed by atoms with van der Waals surface area (Å²) in [5.74, 6) is 0.950. The first-order valence-corrected chi connectivity index (χ1v) is 10.2. The van der Waals surface area contributed by atoms with E-state index in [9.17, 15) is 9.46 Å². The molecule has 0 saturated heterocycles. The van der Waals surface area contributed by atoms with E-state index in [0.29, 0.717) is 24.6 Å². The molecule has 0 aromatic carbocycles. The third-order valence-corrected chi connectivity index (χ3v) is 5.69. The average Bonchev–Trinajstić information content (AvgIpc) is 2.42. The SMILES string of the molecule is CCCCC(CC)CP(=O)(O)OCCC(CC)CCC. The Balaban J connectivity index is 4.06. The van der Waals surface area contributed by atoms with Gasteiger partial charge in [-0.05, 0) is 24.7 Å². The lowest BCUT2D eigenvalue weighted by Crippen LogP contribution is -2.10. The maximum Gasteiger partial charge on any atom is 0.328 e. The Bertz CT molecular complexity index is 268. The van der Waals surface area contributed by atoms with Crippen LogP contribution in [0.3, 0.4) is 0 Å². The molecule has 0 saturated carbocycles. The van der Waals surface area contributed by atoms with E-state index in [1.54, 1.807) is 0 Å². The van der Waals surface area contributed by atoms with Crippen molar-refractivity contribution < 1.29 is 14.0 Å². The lowest BCUT2D eigenvalue weighted by molar-refractivity contribution is 0.227. The Kier molecular flexibility index (Phi) is 11.9. The Morgan fingerprint density at radius 3 is 2.10 bits per heavy atom. The minimum Gasteiger partial charge on any atom is -0.324 e. The van der Waals surface area contributed by atoms with E-state index in [-0.39, 0.29) is 0 Å².